The molecule has 0 radical (unpaired) electrons. The van der Waals surface area contributed by atoms with Gasteiger partial charge in [-0.15, -0.1) is 11.3 Å². The van der Waals surface area contributed by atoms with Gasteiger partial charge >= 0.3 is 0 Å². The third-order valence-corrected chi connectivity index (χ3v) is 4.45. The number of hydrogen-bond acceptors (Lipinski definition) is 2. The van der Waals surface area contributed by atoms with Crippen LogP contribution in [0.1, 0.15) is 10.4 Å². The first-order valence-corrected chi connectivity index (χ1v) is 6.78. The molecule has 84 valence electrons. The monoisotopic (exact) mass is 305 g/mol. The van der Waals surface area contributed by atoms with Crippen molar-refractivity contribution in [3.05, 3.63) is 50.6 Å². The van der Waals surface area contributed by atoms with Gasteiger partial charge in [-0.3, -0.25) is 4.79 Å². The quantitative estimate of drug-likeness (QED) is 0.793. The fourth-order valence-electron chi connectivity index (χ4n) is 1.82. The predicted molar refractivity (Wildman–Crippen MR) is 75.0 cm³/mol. The maximum Gasteiger partial charge on any atom is 0.256 e. The Morgan fingerprint density at radius 1 is 1.24 bits per heavy atom. The smallest absolute Gasteiger partial charge is 0.256 e. The molecule has 0 atom stereocenters. The Hall–Kier alpha value is -1.39. The number of carbonyl (C=O) groups excluding carboxylic acids is 1. The van der Waals surface area contributed by atoms with Crippen molar-refractivity contribution < 1.29 is 4.79 Å². The molecule has 1 amide bonds. The van der Waals surface area contributed by atoms with Crippen LogP contribution in [0.25, 0.3) is 11.6 Å². The van der Waals surface area contributed by atoms with Gasteiger partial charge in [-0.25, -0.2) is 0 Å². The number of rotatable bonds is 1. The molecule has 3 rings (SSSR count). The van der Waals surface area contributed by atoms with Gasteiger partial charge in [0.05, 0.1) is 5.57 Å². The number of thiophene rings is 1. The number of anilines is 1. The molecule has 0 saturated heterocycles. The highest BCUT2D eigenvalue weighted by Gasteiger charge is 2.23. The Morgan fingerprint density at radius 3 is 2.82 bits per heavy atom. The van der Waals surface area contributed by atoms with Crippen LogP contribution in [-0.2, 0) is 4.79 Å². The molecule has 2 heterocycles. The van der Waals surface area contributed by atoms with Crippen molar-refractivity contribution in [3.63, 3.8) is 0 Å². The number of carbonyl (C=O) groups is 1. The molecule has 4 heteroatoms. The van der Waals surface area contributed by atoms with Crippen molar-refractivity contribution in [2.45, 2.75) is 0 Å². The molecular formula is C13H8BrNOS. The molecule has 17 heavy (non-hydrogen) atoms. The number of para-hydroxylation sites is 1. The lowest BCUT2D eigenvalue weighted by atomic mass is 10.1. The number of benzene rings is 1. The molecule has 0 spiro atoms. The average Bonchev–Trinajstić information content (AvgIpc) is 2.85. The van der Waals surface area contributed by atoms with E-state index in [0.29, 0.717) is 0 Å². The molecule has 2 nitrogen and oxygen atoms in total. The third-order valence-electron chi connectivity index (χ3n) is 2.63. The largest absolute Gasteiger partial charge is 0.321 e. The summed E-state index contributed by atoms with van der Waals surface area (Å²) in [7, 11) is 0. The fraction of sp³-hybridized carbons (Fsp3) is 0. The summed E-state index contributed by atoms with van der Waals surface area (Å²) in [6.07, 6.45) is 1.93. The maximum absolute atomic E-state index is 11.9. The van der Waals surface area contributed by atoms with Crippen LogP contribution < -0.4 is 5.32 Å². The zero-order valence-electron chi connectivity index (χ0n) is 8.74. The normalized spacial score (nSPS) is 16.1. The second-order valence-electron chi connectivity index (χ2n) is 3.69. The lowest BCUT2D eigenvalue weighted by Crippen LogP contribution is -2.03. The van der Waals surface area contributed by atoms with Crippen molar-refractivity contribution in [1.82, 2.24) is 0 Å². The van der Waals surface area contributed by atoms with Crippen molar-refractivity contribution in [3.8, 4) is 0 Å². The maximum atomic E-state index is 11.9. The van der Waals surface area contributed by atoms with Crippen LogP contribution in [0, 0.1) is 0 Å². The van der Waals surface area contributed by atoms with E-state index in [9.17, 15) is 4.79 Å². The molecule has 0 unspecified atom stereocenters. The van der Waals surface area contributed by atoms with E-state index in [-0.39, 0.29) is 5.91 Å². The average molecular weight is 306 g/mol. The van der Waals surface area contributed by atoms with Gasteiger partial charge < -0.3 is 5.32 Å². The van der Waals surface area contributed by atoms with Crippen LogP contribution in [-0.4, -0.2) is 5.91 Å². The minimum atomic E-state index is -0.0356. The highest BCUT2D eigenvalue weighted by atomic mass is 79.9. The van der Waals surface area contributed by atoms with Gasteiger partial charge in [-0.1, -0.05) is 18.2 Å². The molecule has 0 bridgehead atoms. The van der Waals surface area contributed by atoms with Gasteiger partial charge in [-0.05, 0) is 39.5 Å². The summed E-state index contributed by atoms with van der Waals surface area (Å²) in [6, 6.07) is 9.72. The number of fused-ring (bicyclic) bond motifs is 1. The summed E-state index contributed by atoms with van der Waals surface area (Å²) < 4.78 is 1.02. The number of hydrogen-bond donors (Lipinski definition) is 1. The van der Waals surface area contributed by atoms with Crippen LogP contribution >= 0.6 is 27.3 Å². The van der Waals surface area contributed by atoms with Crippen LogP contribution in [0.3, 0.4) is 0 Å². The number of nitrogens with one attached hydrogen (secondary N) is 1. The lowest BCUT2D eigenvalue weighted by Gasteiger charge is -1.96. The molecule has 1 aromatic carbocycles. The topological polar surface area (TPSA) is 29.1 Å². The van der Waals surface area contributed by atoms with Crippen molar-refractivity contribution >= 4 is 50.5 Å². The number of halogens is 1. The van der Waals surface area contributed by atoms with Crippen LogP contribution in [0.2, 0.25) is 0 Å². The van der Waals surface area contributed by atoms with Gasteiger partial charge in [0.1, 0.15) is 0 Å². The summed E-state index contributed by atoms with van der Waals surface area (Å²) in [5.41, 5.74) is 2.58. The summed E-state index contributed by atoms with van der Waals surface area (Å²) in [4.78, 5) is 12.9. The Labute approximate surface area is 111 Å². The van der Waals surface area contributed by atoms with Gasteiger partial charge in [0, 0.05) is 20.6 Å². The highest BCUT2D eigenvalue weighted by Crippen LogP contribution is 2.35. The zero-order chi connectivity index (χ0) is 11.8. The van der Waals surface area contributed by atoms with Crippen LogP contribution in [0.5, 0.6) is 0 Å². The third kappa shape index (κ3) is 1.83. The van der Waals surface area contributed by atoms with E-state index in [1.54, 1.807) is 11.3 Å². The van der Waals surface area contributed by atoms with E-state index < -0.39 is 0 Å². The highest BCUT2D eigenvalue weighted by molar-refractivity contribution is 9.10. The molecule has 1 aromatic heterocycles. The van der Waals surface area contributed by atoms with Crippen molar-refractivity contribution in [2.24, 2.45) is 0 Å². The minimum absolute atomic E-state index is 0.0356. The van der Waals surface area contributed by atoms with Crippen LogP contribution in [0.4, 0.5) is 5.69 Å². The Morgan fingerprint density at radius 2 is 2.06 bits per heavy atom. The van der Waals surface area contributed by atoms with E-state index in [2.05, 4.69) is 21.2 Å². The molecular weight excluding hydrogens is 298 g/mol. The summed E-state index contributed by atoms with van der Waals surface area (Å²) in [6.45, 7) is 0. The molecule has 1 aliphatic heterocycles. The summed E-state index contributed by atoms with van der Waals surface area (Å²) in [5.74, 6) is -0.0356. The first kappa shape index (κ1) is 10.7. The van der Waals surface area contributed by atoms with Crippen LogP contribution in [0.15, 0.2) is 40.2 Å². The molecule has 0 aliphatic carbocycles. The van der Waals surface area contributed by atoms with E-state index >= 15 is 0 Å². The van der Waals surface area contributed by atoms with E-state index in [0.717, 1.165) is 26.2 Å². The second-order valence-corrected chi connectivity index (χ2v) is 5.49. The minimum Gasteiger partial charge on any atom is -0.321 e. The first-order valence-electron chi connectivity index (χ1n) is 5.11. The van der Waals surface area contributed by atoms with E-state index in [1.165, 1.54) is 0 Å². The van der Waals surface area contributed by atoms with Crippen molar-refractivity contribution in [1.29, 1.82) is 0 Å². The lowest BCUT2D eigenvalue weighted by molar-refractivity contribution is -0.110. The number of amides is 1. The summed E-state index contributed by atoms with van der Waals surface area (Å²) >= 11 is 5.08. The second kappa shape index (κ2) is 4.13. The van der Waals surface area contributed by atoms with E-state index in [1.807, 2.05) is 41.8 Å². The Balaban J connectivity index is 2.13. The van der Waals surface area contributed by atoms with Gasteiger partial charge in [0.15, 0.2) is 0 Å². The zero-order valence-corrected chi connectivity index (χ0v) is 11.1. The predicted octanol–water partition coefficient (Wildman–Crippen LogP) is 4.00. The standard InChI is InChI=1S/C13H8BrNOS/c14-10-5-6-17-12(10)7-9-8-3-1-2-4-11(8)15-13(9)16/h1-7H,(H,15,16)/b9-7+. The summed E-state index contributed by atoms with van der Waals surface area (Å²) in [5, 5.41) is 4.86. The van der Waals surface area contributed by atoms with Crippen molar-refractivity contribution in [2.75, 3.05) is 5.32 Å². The molecule has 0 saturated carbocycles. The SMILES string of the molecule is O=C1Nc2ccccc2/C1=C\c1sccc1Br. The molecule has 2 aromatic rings. The molecule has 1 N–H and O–H groups in total. The van der Waals surface area contributed by atoms with Gasteiger partial charge in [0.25, 0.3) is 5.91 Å². The Kier molecular flexibility index (Phi) is 2.61. The molecule has 0 fully saturated rings. The Bertz CT molecular complexity index is 630. The van der Waals surface area contributed by atoms with Gasteiger partial charge in [0.2, 0.25) is 0 Å². The molecule has 1 aliphatic rings. The van der Waals surface area contributed by atoms with Gasteiger partial charge in [-0.2, -0.15) is 0 Å². The van der Waals surface area contributed by atoms with E-state index in [4.69, 9.17) is 0 Å². The fourth-order valence-corrected chi connectivity index (χ4v) is 3.24. The first-order chi connectivity index (χ1) is 8.25.